The lowest BCUT2D eigenvalue weighted by molar-refractivity contribution is -0.123. The average Bonchev–Trinajstić information content (AvgIpc) is 3.06. The van der Waals surface area contributed by atoms with E-state index in [9.17, 15) is 14.0 Å². The number of hydrogen-bond acceptors (Lipinski definition) is 2. The van der Waals surface area contributed by atoms with Crippen molar-refractivity contribution in [3.8, 4) is 0 Å². The third-order valence-corrected chi connectivity index (χ3v) is 5.01. The van der Waals surface area contributed by atoms with Gasteiger partial charge in [-0.15, -0.1) is 0 Å². The molecule has 2 aliphatic carbocycles. The fourth-order valence-electron chi connectivity index (χ4n) is 4.25. The maximum Gasteiger partial charge on any atom is 0.237 e. The van der Waals surface area contributed by atoms with Crippen LogP contribution in [0.3, 0.4) is 0 Å². The minimum absolute atomic E-state index is 0.0752. The van der Waals surface area contributed by atoms with Crippen molar-refractivity contribution in [2.45, 2.75) is 19.3 Å². The largest absolute Gasteiger partial charge is 0.274 e. The summed E-state index contributed by atoms with van der Waals surface area (Å²) in [6, 6.07) is 5.60. The Bertz CT molecular complexity index is 540. The zero-order chi connectivity index (χ0) is 13.1. The van der Waals surface area contributed by atoms with Crippen molar-refractivity contribution < 1.29 is 14.0 Å². The highest BCUT2D eigenvalue weighted by atomic mass is 19.1. The van der Waals surface area contributed by atoms with Gasteiger partial charge in [-0.2, -0.15) is 0 Å². The molecule has 19 heavy (non-hydrogen) atoms. The Labute approximate surface area is 110 Å². The zero-order valence-corrected chi connectivity index (χ0v) is 10.4. The molecule has 4 rings (SSSR count). The van der Waals surface area contributed by atoms with Crippen molar-refractivity contribution in [2.24, 2.45) is 23.7 Å². The van der Waals surface area contributed by atoms with Crippen LogP contribution in [0.4, 0.5) is 10.1 Å². The molecule has 4 atom stereocenters. The summed E-state index contributed by atoms with van der Waals surface area (Å²) in [6.45, 7) is 0. The van der Waals surface area contributed by atoms with E-state index in [0.29, 0.717) is 17.5 Å². The topological polar surface area (TPSA) is 37.4 Å². The zero-order valence-electron chi connectivity index (χ0n) is 10.4. The highest BCUT2D eigenvalue weighted by Crippen LogP contribution is 2.56. The fraction of sp³-hybridized carbons (Fsp3) is 0.467. The predicted molar refractivity (Wildman–Crippen MR) is 66.7 cm³/mol. The van der Waals surface area contributed by atoms with Gasteiger partial charge in [0.15, 0.2) is 0 Å². The van der Waals surface area contributed by atoms with Gasteiger partial charge in [-0.25, -0.2) is 4.39 Å². The molecule has 98 valence electrons. The van der Waals surface area contributed by atoms with Crippen LogP contribution in [-0.4, -0.2) is 11.8 Å². The van der Waals surface area contributed by atoms with E-state index in [0.717, 1.165) is 19.3 Å². The number of hydrogen-bond donors (Lipinski definition) is 0. The Kier molecular flexibility index (Phi) is 2.14. The van der Waals surface area contributed by atoms with E-state index >= 15 is 0 Å². The van der Waals surface area contributed by atoms with E-state index in [-0.39, 0.29) is 29.5 Å². The van der Waals surface area contributed by atoms with Crippen molar-refractivity contribution in [3.05, 3.63) is 30.1 Å². The van der Waals surface area contributed by atoms with E-state index in [1.807, 2.05) is 0 Å². The molecule has 2 saturated carbocycles. The SMILES string of the molecule is O=C1[C@H]2[C@@H]3CC[C@H](C3)[C@@H]2C(=O)N1c1ccc(F)cc1. The molecule has 1 saturated heterocycles. The minimum Gasteiger partial charge on any atom is -0.274 e. The maximum atomic E-state index is 12.9. The van der Waals surface area contributed by atoms with Crippen LogP contribution in [0, 0.1) is 29.5 Å². The van der Waals surface area contributed by atoms with E-state index in [1.54, 1.807) is 0 Å². The van der Waals surface area contributed by atoms with Crippen molar-refractivity contribution in [3.63, 3.8) is 0 Å². The highest BCUT2D eigenvalue weighted by Gasteiger charge is 2.61. The first-order chi connectivity index (χ1) is 9.16. The number of carbonyl (C=O) groups excluding carboxylic acids is 2. The molecule has 0 unspecified atom stereocenters. The number of rotatable bonds is 1. The van der Waals surface area contributed by atoms with Gasteiger partial charge in [0.25, 0.3) is 0 Å². The van der Waals surface area contributed by atoms with Crippen LogP contribution < -0.4 is 4.90 Å². The van der Waals surface area contributed by atoms with Gasteiger partial charge in [0, 0.05) is 0 Å². The van der Waals surface area contributed by atoms with Crippen LogP contribution in [0.15, 0.2) is 24.3 Å². The number of anilines is 1. The van der Waals surface area contributed by atoms with Gasteiger partial charge in [-0.1, -0.05) is 0 Å². The molecule has 0 N–H and O–H groups in total. The van der Waals surface area contributed by atoms with Crippen LogP contribution >= 0.6 is 0 Å². The third-order valence-electron chi connectivity index (χ3n) is 5.01. The number of benzene rings is 1. The first kappa shape index (κ1) is 11.1. The summed E-state index contributed by atoms with van der Waals surface area (Å²) in [5.74, 6) is 0.0344. The molecular weight excluding hydrogens is 245 g/mol. The molecule has 3 nitrogen and oxygen atoms in total. The first-order valence-corrected chi connectivity index (χ1v) is 6.80. The number of halogens is 1. The van der Waals surface area contributed by atoms with Crippen LogP contribution in [0.25, 0.3) is 0 Å². The molecule has 1 heterocycles. The molecule has 3 aliphatic rings. The molecule has 4 heteroatoms. The quantitative estimate of drug-likeness (QED) is 0.726. The van der Waals surface area contributed by atoms with E-state index in [4.69, 9.17) is 0 Å². The highest BCUT2D eigenvalue weighted by molar-refractivity contribution is 6.22. The van der Waals surface area contributed by atoms with Crippen LogP contribution in [0.5, 0.6) is 0 Å². The number of imide groups is 1. The van der Waals surface area contributed by atoms with Gasteiger partial charge in [0.2, 0.25) is 11.8 Å². The lowest BCUT2D eigenvalue weighted by atomic mass is 9.81. The normalized spacial score (nSPS) is 36.2. The Morgan fingerprint density at radius 1 is 0.947 bits per heavy atom. The summed E-state index contributed by atoms with van der Waals surface area (Å²) in [5, 5.41) is 0. The van der Waals surface area contributed by atoms with Gasteiger partial charge < -0.3 is 0 Å². The monoisotopic (exact) mass is 259 g/mol. The third kappa shape index (κ3) is 1.37. The Morgan fingerprint density at radius 3 is 2.00 bits per heavy atom. The molecule has 1 aliphatic heterocycles. The Hall–Kier alpha value is -1.71. The predicted octanol–water partition coefficient (Wildman–Crippen LogP) is 2.36. The second-order valence-corrected chi connectivity index (χ2v) is 5.87. The van der Waals surface area contributed by atoms with Crippen molar-refractivity contribution >= 4 is 17.5 Å². The molecule has 2 bridgehead atoms. The molecule has 2 amide bonds. The summed E-state index contributed by atoms with van der Waals surface area (Å²) in [7, 11) is 0. The van der Waals surface area contributed by atoms with Gasteiger partial charge >= 0.3 is 0 Å². The van der Waals surface area contributed by atoms with Crippen LogP contribution in [-0.2, 0) is 9.59 Å². The molecule has 1 aromatic rings. The summed E-state index contributed by atoms with van der Waals surface area (Å²) >= 11 is 0. The summed E-state index contributed by atoms with van der Waals surface area (Å²) in [6.07, 6.45) is 3.17. The Morgan fingerprint density at radius 2 is 1.47 bits per heavy atom. The van der Waals surface area contributed by atoms with Crippen molar-refractivity contribution in [1.82, 2.24) is 0 Å². The van der Waals surface area contributed by atoms with Gasteiger partial charge in [-0.3, -0.25) is 14.5 Å². The molecular formula is C15H14FNO2. The minimum atomic E-state index is -0.358. The van der Waals surface area contributed by atoms with Gasteiger partial charge in [0.05, 0.1) is 17.5 Å². The smallest absolute Gasteiger partial charge is 0.237 e. The molecule has 3 fully saturated rings. The van der Waals surface area contributed by atoms with Crippen LogP contribution in [0.2, 0.25) is 0 Å². The number of carbonyl (C=O) groups is 2. The number of nitrogens with zero attached hydrogens (tertiary/aromatic N) is 1. The summed E-state index contributed by atoms with van der Waals surface area (Å²) in [4.78, 5) is 26.2. The van der Waals surface area contributed by atoms with Gasteiger partial charge in [0.1, 0.15) is 5.82 Å². The molecule has 1 aromatic carbocycles. The summed E-state index contributed by atoms with van der Waals surface area (Å²) < 4.78 is 12.9. The van der Waals surface area contributed by atoms with E-state index < -0.39 is 0 Å². The van der Waals surface area contributed by atoms with Crippen molar-refractivity contribution in [1.29, 1.82) is 0 Å². The molecule has 0 aromatic heterocycles. The lowest BCUT2D eigenvalue weighted by Crippen LogP contribution is -2.32. The first-order valence-electron chi connectivity index (χ1n) is 6.80. The maximum absolute atomic E-state index is 12.9. The standard InChI is InChI=1S/C15H14FNO2/c16-10-3-5-11(6-4-10)17-14(18)12-8-1-2-9(7-8)13(12)15(17)19/h3-6,8-9,12-13H,1-2,7H2/t8-,9-,12+,13+/m1/s1. The van der Waals surface area contributed by atoms with Crippen LogP contribution in [0.1, 0.15) is 19.3 Å². The number of amides is 2. The van der Waals surface area contributed by atoms with E-state index in [1.165, 1.54) is 29.2 Å². The second kappa shape index (κ2) is 3.65. The van der Waals surface area contributed by atoms with E-state index in [2.05, 4.69) is 0 Å². The fourth-order valence-corrected chi connectivity index (χ4v) is 4.25. The molecule has 0 spiro atoms. The second-order valence-electron chi connectivity index (χ2n) is 5.87. The number of fused-ring (bicyclic) bond motifs is 5. The summed E-state index contributed by atoms with van der Waals surface area (Å²) in [5.41, 5.74) is 0.505. The van der Waals surface area contributed by atoms with Crippen molar-refractivity contribution in [2.75, 3.05) is 4.90 Å². The lowest BCUT2D eigenvalue weighted by Gasteiger charge is -2.19. The Balaban J connectivity index is 1.73. The average molecular weight is 259 g/mol. The van der Waals surface area contributed by atoms with Gasteiger partial charge in [-0.05, 0) is 55.4 Å². The molecule has 0 radical (unpaired) electrons.